The summed E-state index contributed by atoms with van der Waals surface area (Å²) >= 11 is 0. The molecule has 2 fully saturated rings. The highest BCUT2D eigenvalue weighted by molar-refractivity contribution is 5.93. The van der Waals surface area contributed by atoms with Gasteiger partial charge in [0.1, 0.15) is 11.3 Å². The van der Waals surface area contributed by atoms with Gasteiger partial charge >= 0.3 is 11.6 Å². The van der Waals surface area contributed by atoms with Gasteiger partial charge in [-0.2, -0.15) is 4.57 Å². The maximum Gasteiger partial charge on any atom is 0.313 e. The van der Waals surface area contributed by atoms with Gasteiger partial charge in [-0.15, -0.1) is 0 Å². The van der Waals surface area contributed by atoms with Gasteiger partial charge in [0, 0.05) is 25.6 Å². The molecule has 34 heavy (non-hydrogen) atoms. The van der Waals surface area contributed by atoms with Crippen molar-refractivity contribution in [3.8, 4) is 0 Å². The summed E-state index contributed by atoms with van der Waals surface area (Å²) in [5.74, 6) is 0.0265. The summed E-state index contributed by atoms with van der Waals surface area (Å²) in [6, 6.07) is 2.20. The van der Waals surface area contributed by atoms with Crippen molar-refractivity contribution in [1.82, 2.24) is 19.4 Å². The molecule has 2 aliphatic carbocycles. The Morgan fingerprint density at radius 1 is 1.21 bits per heavy atom. The maximum absolute atomic E-state index is 13.5. The predicted octanol–water partition coefficient (Wildman–Crippen LogP) is 2.59. The number of allylic oxidation sites excluding steroid dienone is 2. The Labute approximate surface area is 199 Å². The van der Waals surface area contributed by atoms with Gasteiger partial charge in [-0.25, -0.2) is 0 Å². The minimum Gasteiger partial charge on any atom is -0.380 e. The monoisotopic (exact) mass is 464 g/mol. The molecule has 1 atom stereocenters. The zero-order chi connectivity index (χ0) is 23.8. The molecule has 0 bridgehead atoms. The smallest absolute Gasteiger partial charge is 0.313 e. The van der Waals surface area contributed by atoms with Gasteiger partial charge in [-0.05, 0) is 62.5 Å². The summed E-state index contributed by atoms with van der Waals surface area (Å²) < 4.78 is 3.98. The fraction of sp³-hybridized carbons (Fsp3) is 0.615. The van der Waals surface area contributed by atoms with Crippen LogP contribution in [0.25, 0.3) is 11.2 Å². The lowest BCUT2D eigenvalue weighted by atomic mass is 9.79. The molecule has 2 aliphatic heterocycles. The van der Waals surface area contributed by atoms with Crippen molar-refractivity contribution in [2.75, 3.05) is 19.6 Å². The summed E-state index contributed by atoms with van der Waals surface area (Å²) in [7, 11) is 0. The maximum atomic E-state index is 13.5. The predicted molar refractivity (Wildman–Crippen MR) is 126 cm³/mol. The number of piperazine rings is 1. The average Bonchev–Trinajstić information content (AvgIpc) is 3.30. The van der Waals surface area contributed by atoms with Gasteiger partial charge < -0.3 is 10.0 Å². The van der Waals surface area contributed by atoms with E-state index in [0.29, 0.717) is 38.2 Å². The highest BCUT2D eigenvalue weighted by Gasteiger charge is 2.58. The molecule has 1 saturated carbocycles. The first-order chi connectivity index (χ1) is 16.2. The third-order valence-corrected chi connectivity index (χ3v) is 8.40. The fourth-order valence-electron chi connectivity index (χ4n) is 6.27. The quantitative estimate of drug-likeness (QED) is 0.708. The first-order valence-corrected chi connectivity index (χ1v) is 12.7. The number of aliphatic hydroxyl groups is 1. The van der Waals surface area contributed by atoms with Crippen LogP contribution >= 0.6 is 0 Å². The molecule has 4 heterocycles. The van der Waals surface area contributed by atoms with E-state index in [2.05, 4.69) is 30.6 Å². The number of hydrogen-bond donors (Lipinski definition) is 1. The molecule has 2 amide bonds. The number of imidazole rings is 1. The standard InChI is InChI=1S/C26H34N5O3/c1-17(2)19-14-20(18-8-5-4-6-9-18)27-30-15-21-23(32)29-13-12-28(24(33)26(34)10-7-11-26)16-25(29,3)31(21)22(19)30/h8,14-15,17,34H,4-7,9-13,16H2,1-3H3/q+1. The van der Waals surface area contributed by atoms with Crippen molar-refractivity contribution in [3.05, 3.63) is 35.3 Å². The molecule has 1 saturated heterocycles. The van der Waals surface area contributed by atoms with Gasteiger partial charge in [-0.3, -0.25) is 14.5 Å². The van der Waals surface area contributed by atoms with E-state index in [1.54, 1.807) is 4.90 Å². The SMILES string of the molecule is CC(C)c1cc(C2=CCCCC2)nn2cc3[n+](c12)C1(C)CN(C(=O)C2(O)CCC2)CCN1C3=O. The Hall–Kier alpha value is -2.74. The van der Waals surface area contributed by atoms with E-state index in [0.717, 1.165) is 36.2 Å². The molecule has 2 aromatic heterocycles. The van der Waals surface area contributed by atoms with E-state index < -0.39 is 11.3 Å². The molecule has 0 radical (unpaired) electrons. The molecule has 4 aliphatic rings. The number of rotatable bonds is 3. The van der Waals surface area contributed by atoms with Crippen LogP contribution in [0.2, 0.25) is 0 Å². The summed E-state index contributed by atoms with van der Waals surface area (Å²) in [6.07, 6.45) is 10.6. The summed E-state index contributed by atoms with van der Waals surface area (Å²) in [5.41, 5.74) is 3.02. The van der Waals surface area contributed by atoms with Crippen LogP contribution in [0, 0.1) is 0 Å². The second-order valence-corrected chi connectivity index (χ2v) is 11.0. The minimum absolute atomic E-state index is 0.0180. The van der Waals surface area contributed by atoms with Crippen LogP contribution in [0.3, 0.4) is 0 Å². The van der Waals surface area contributed by atoms with Crippen LogP contribution in [-0.2, 0) is 10.5 Å². The van der Waals surface area contributed by atoms with E-state index in [4.69, 9.17) is 5.10 Å². The van der Waals surface area contributed by atoms with Crippen LogP contribution in [0.15, 0.2) is 18.3 Å². The average molecular weight is 465 g/mol. The summed E-state index contributed by atoms with van der Waals surface area (Å²) in [6.45, 7) is 7.66. The number of nitrogens with zero attached hydrogens (tertiary/aromatic N) is 5. The number of aromatic nitrogens is 3. The number of hydrogen-bond acceptors (Lipinski definition) is 4. The Bertz CT molecular complexity index is 1240. The highest BCUT2D eigenvalue weighted by atomic mass is 16.3. The van der Waals surface area contributed by atoms with Gasteiger partial charge in [0.2, 0.25) is 11.4 Å². The molecule has 0 aromatic carbocycles. The Morgan fingerprint density at radius 2 is 2.00 bits per heavy atom. The molecular formula is C26H34N5O3+. The second kappa shape index (κ2) is 7.38. The van der Waals surface area contributed by atoms with E-state index in [1.807, 2.05) is 22.5 Å². The minimum atomic E-state index is -1.23. The van der Waals surface area contributed by atoms with Crippen molar-refractivity contribution < 1.29 is 19.3 Å². The largest absolute Gasteiger partial charge is 0.380 e. The number of fused-ring (bicyclic) bond motifs is 5. The molecule has 2 aromatic rings. The van der Waals surface area contributed by atoms with Gasteiger partial charge in [-0.1, -0.05) is 29.5 Å². The van der Waals surface area contributed by atoms with E-state index >= 15 is 0 Å². The fourth-order valence-corrected chi connectivity index (χ4v) is 6.27. The number of amides is 2. The molecule has 180 valence electrons. The molecule has 8 nitrogen and oxygen atoms in total. The Balaban J connectivity index is 1.48. The van der Waals surface area contributed by atoms with Crippen LogP contribution in [0.5, 0.6) is 0 Å². The topological polar surface area (TPSA) is 82.0 Å². The highest BCUT2D eigenvalue weighted by Crippen LogP contribution is 2.38. The second-order valence-electron chi connectivity index (χ2n) is 11.0. The van der Waals surface area contributed by atoms with Crippen molar-refractivity contribution >= 4 is 23.0 Å². The van der Waals surface area contributed by atoms with E-state index in [9.17, 15) is 14.7 Å². The lowest BCUT2D eigenvalue weighted by molar-refractivity contribution is -0.749. The molecule has 8 heteroatoms. The number of carbonyl (C=O) groups is 2. The van der Waals surface area contributed by atoms with E-state index in [1.165, 1.54) is 18.4 Å². The van der Waals surface area contributed by atoms with Crippen molar-refractivity contribution in [2.45, 2.75) is 82.9 Å². The zero-order valence-corrected chi connectivity index (χ0v) is 20.4. The molecule has 1 N–H and O–H groups in total. The van der Waals surface area contributed by atoms with Crippen molar-refractivity contribution in [1.29, 1.82) is 0 Å². The van der Waals surface area contributed by atoms with Crippen LogP contribution < -0.4 is 4.57 Å². The lowest BCUT2D eigenvalue weighted by Gasteiger charge is -2.46. The van der Waals surface area contributed by atoms with Crippen LogP contribution in [-0.4, -0.2) is 61.6 Å². The van der Waals surface area contributed by atoms with E-state index in [-0.39, 0.29) is 17.7 Å². The molecule has 0 spiro atoms. The Morgan fingerprint density at radius 3 is 2.65 bits per heavy atom. The summed E-state index contributed by atoms with van der Waals surface area (Å²) in [5, 5.41) is 15.7. The van der Waals surface area contributed by atoms with Gasteiger partial charge in [0.05, 0.1) is 6.54 Å². The van der Waals surface area contributed by atoms with Crippen LogP contribution in [0.1, 0.15) is 93.4 Å². The number of carbonyl (C=O) groups excluding carboxylic acids is 2. The molecule has 6 rings (SSSR count). The van der Waals surface area contributed by atoms with Crippen LogP contribution in [0.4, 0.5) is 0 Å². The van der Waals surface area contributed by atoms with Gasteiger partial charge in [0.15, 0.2) is 6.20 Å². The van der Waals surface area contributed by atoms with Gasteiger partial charge in [0.25, 0.3) is 5.91 Å². The van der Waals surface area contributed by atoms with Crippen molar-refractivity contribution in [3.63, 3.8) is 0 Å². The normalized spacial score (nSPS) is 25.9. The zero-order valence-electron chi connectivity index (χ0n) is 20.4. The molecule has 1 unspecified atom stereocenters. The first-order valence-electron chi connectivity index (χ1n) is 12.7. The third kappa shape index (κ3) is 2.93. The summed E-state index contributed by atoms with van der Waals surface area (Å²) in [4.78, 5) is 30.3. The molecular weight excluding hydrogens is 430 g/mol. The first kappa shape index (κ1) is 21.8. The third-order valence-electron chi connectivity index (χ3n) is 8.40. The lowest BCUT2D eigenvalue weighted by Crippen LogP contribution is -2.71. The Kier molecular flexibility index (Phi) is 4.72. The van der Waals surface area contributed by atoms with Crippen molar-refractivity contribution in [2.24, 2.45) is 0 Å².